The van der Waals surface area contributed by atoms with Crippen LogP contribution in [-0.2, 0) is 4.79 Å². The average molecular weight is 351 g/mol. The monoisotopic (exact) mass is 351 g/mol. The number of hydrogen-bond donors (Lipinski definition) is 0. The van der Waals surface area contributed by atoms with Crippen LogP contribution < -0.4 is 4.90 Å². The first kappa shape index (κ1) is 16.1. The van der Waals surface area contributed by atoms with Crippen LogP contribution in [0, 0.1) is 5.41 Å². The highest BCUT2D eigenvalue weighted by atomic mass is 16.2. The molecule has 27 heavy (non-hydrogen) atoms. The molecule has 1 aliphatic carbocycles. The van der Waals surface area contributed by atoms with Gasteiger partial charge in [-0.3, -0.25) is 9.69 Å². The third-order valence-electron chi connectivity index (χ3n) is 5.86. The third-order valence-corrected chi connectivity index (χ3v) is 5.86. The molecule has 1 unspecified atom stereocenters. The van der Waals surface area contributed by atoms with Gasteiger partial charge in [0.05, 0.1) is 5.41 Å². The molecule has 1 amide bonds. The summed E-state index contributed by atoms with van der Waals surface area (Å²) in [4.78, 5) is 15.5. The average Bonchev–Trinajstić information content (AvgIpc) is 3.14. The number of hydrogen-bond acceptors (Lipinski definition) is 1. The molecule has 132 valence electrons. The van der Waals surface area contributed by atoms with Gasteiger partial charge in [0.2, 0.25) is 5.91 Å². The summed E-state index contributed by atoms with van der Waals surface area (Å²) in [6, 6.07) is 29.0. The highest BCUT2D eigenvalue weighted by molar-refractivity contribution is 6.10. The van der Waals surface area contributed by atoms with Crippen LogP contribution >= 0.6 is 0 Å². The summed E-state index contributed by atoms with van der Waals surface area (Å²) in [6.07, 6.45) is 0. The molecule has 3 aromatic carbocycles. The van der Waals surface area contributed by atoms with Crippen molar-refractivity contribution in [3.63, 3.8) is 0 Å². The van der Waals surface area contributed by atoms with Crippen molar-refractivity contribution in [3.05, 3.63) is 107 Å². The van der Waals surface area contributed by atoms with E-state index in [0.29, 0.717) is 0 Å². The van der Waals surface area contributed by atoms with Crippen LogP contribution in [-0.4, -0.2) is 5.91 Å². The molecule has 5 rings (SSSR count). The highest BCUT2D eigenvalue weighted by Gasteiger charge is 2.56. The number of benzene rings is 3. The van der Waals surface area contributed by atoms with Crippen LogP contribution in [0.2, 0.25) is 0 Å². The molecule has 0 radical (unpaired) electrons. The summed E-state index contributed by atoms with van der Waals surface area (Å²) < 4.78 is 0. The van der Waals surface area contributed by atoms with E-state index in [1.807, 2.05) is 41.3 Å². The SMILES string of the molecule is CC1(C)C(=O)N(c2ccccc2)C2=C(c3ccccc3)c3ccccc3C21. The number of allylic oxidation sites excluding steroid dienone is 1. The predicted octanol–water partition coefficient (Wildman–Crippen LogP) is 5.62. The Morgan fingerprint density at radius 3 is 2.07 bits per heavy atom. The lowest BCUT2D eigenvalue weighted by molar-refractivity contribution is -0.124. The molecule has 2 aliphatic rings. The maximum atomic E-state index is 13.5. The fourth-order valence-corrected chi connectivity index (χ4v) is 4.64. The van der Waals surface area contributed by atoms with Gasteiger partial charge in [-0.05, 0) is 28.8 Å². The minimum absolute atomic E-state index is 0.0663. The van der Waals surface area contributed by atoms with Crippen LogP contribution in [0.25, 0.3) is 5.57 Å². The van der Waals surface area contributed by atoms with Gasteiger partial charge in [-0.25, -0.2) is 0 Å². The normalized spacial score (nSPS) is 20.0. The predicted molar refractivity (Wildman–Crippen MR) is 109 cm³/mol. The highest BCUT2D eigenvalue weighted by Crippen LogP contribution is 2.59. The van der Waals surface area contributed by atoms with Gasteiger partial charge in [0.1, 0.15) is 0 Å². The lowest BCUT2D eigenvalue weighted by Crippen LogP contribution is -2.31. The lowest BCUT2D eigenvalue weighted by Gasteiger charge is -2.23. The summed E-state index contributed by atoms with van der Waals surface area (Å²) in [6.45, 7) is 4.15. The van der Waals surface area contributed by atoms with E-state index in [9.17, 15) is 4.79 Å². The number of carbonyl (C=O) groups excluding carboxylic acids is 1. The van der Waals surface area contributed by atoms with E-state index in [2.05, 4.69) is 62.4 Å². The van der Waals surface area contributed by atoms with Crippen molar-refractivity contribution >= 4 is 17.2 Å². The smallest absolute Gasteiger partial charge is 0.237 e. The van der Waals surface area contributed by atoms with Crippen LogP contribution in [0.15, 0.2) is 90.6 Å². The number of carbonyl (C=O) groups is 1. The van der Waals surface area contributed by atoms with Crippen LogP contribution in [0.5, 0.6) is 0 Å². The second kappa shape index (κ2) is 5.68. The Bertz CT molecular complexity index is 1060. The van der Waals surface area contributed by atoms with Crippen LogP contribution in [0.4, 0.5) is 5.69 Å². The van der Waals surface area contributed by atoms with E-state index >= 15 is 0 Å². The zero-order valence-electron chi connectivity index (χ0n) is 15.5. The van der Waals surface area contributed by atoms with Crippen molar-refractivity contribution in [3.8, 4) is 0 Å². The Morgan fingerprint density at radius 2 is 1.37 bits per heavy atom. The molecular weight excluding hydrogens is 330 g/mol. The minimum Gasteiger partial charge on any atom is -0.283 e. The molecule has 0 spiro atoms. The van der Waals surface area contributed by atoms with Crippen molar-refractivity contribution in [2.75, 3.05) is 4.90 Å². The standard InChI is InChI=1S/C25H21NO/c1-25(2)22-20-16-10-9-15-19(20)21(17-11-5-3-6-12-17)23(22)26(24(25)27)18-13-7-4-8-14-18/h3-16,22H,1-2H3. The van der Waals surface area contributed by atoms with Crippen molar-refractivity contribution in [1.82, 2.24) is 0 Å². The number of amides is 1. The Hall–Kier alpha value is -3.13. The van der Waals surface area contributed by atoms with E-state index in [-0.39, 0.29) is 11.8 Å². The molecule has 0 saturated carbocycles. The molecule has 1 heterocycles. The van der Waals surface area contributed by atoms with E-state index < -0.39 is 5.41 Å². The van der Waals surface area contributed by atoms with Crippen molar-refractivity contribution in [2.45, 2.75) is 19.8 Å². The van der Waals surface area contributed by atoms with Crippen molar-refractivity contribution in [2.24, 2.45) is 5.41 Å². The molecule has 0 bridgehead atoms. The van der Waals surface area contributed by atoms with E-state index in [1.54, 1.807) is 0 Å². The Balaban J connectivity index is 1.86. The number of fused-ring (bicyclic) bond motifs is 3. The quantitative estimate of drug-likeness (QED) is 0.587. The first-order valence-electron chi connectivity index (χ1n) is 9.39. The molecule has 0 N–H and O–H groups in total. The van der Waals surface area contributed by atoms with Gasteiger partial charge in [0.25, 0.3) is 0 Å². The van der Waals surface area contributed by atoms with Gasteiger partial charge in [0.15, 0.2) is 0 Å². The lowest BCUT2D eigenvalue weighted by atomic mass is 9.77. The van der Waals surface area contributed by atoms with Crippen LogP contribution in [0.1, 0.15) is 36.5 Å². The van der Waals surface area contributed by atoms with Gasteiger partial charge in [-0.15, -0.1) is 0 Å². The van der Waals surface area contributed by atoms with Gasteiger partial charge in [0, 0.05) is 22.9 Å². The summed E-state index contributed by atoms with van der Waals surface area (Å²) in [5.74, 6) is 0.230. The summed E-state index contributed by atoms with van der Waals surface area (Å²) in [5.41, 5.74) is 6.40. The van der Waals surface area contributed by atoms with Gasteiger partial charge in [-0.2, -0.15) is 0 Å². The zero-order valence-corrected chi connectivity index (χ0v) is 15.5. The maximum Gasteiger partial charge on any atom is 0.237 e. The number of anilines is 1. The topological polar surface area (TPSA) is 20.3 Å². The molecule has 3 aromatic rings. The van der Waals surface area contributed by atoms with Crippen molar-refractivity contribution < 1.29 is 4.79 Å². The van der Waals surface area contributed by atoms with E-state index in [4.69, 9.17) is 0 Å². The molecule has 0 aromatic heterocycles. The molecule has 1 saturated heterocycles. The Morgan fingerprint density at radius 1 is 0.778 bits per heavy atom. The first-order valence-corrected chi connectivity index (χ1v) is 9.39. The van der Waals surface area contributed by atoms with Crippen LogP contribution in [0.3, 0.4) is 0 Å². The van der Waals surface area contributed by atoms with Gasteiger partial charge < -0.3 is 0 Å². The molecule has 1 atom stereocenters. The first-order chi connectivity index (χ1) is 13.1. The Kier molecular flexibility index (Phi) is 3.38. The molecule has 1 aliphatic heterocycles. The van der Waals surface area contributed by atoms with Crippen molar-refractivity contribution in [1.29, 1.82) is 0 Å². The molecule has 2 nitrogen and oxygen atoms in total. The maximum absolute atomic E-state index is 13.5. The second-order valence-electron chi connectivity index (χ2n) is 7.84. The molecule has 2 heteroatoms. The molecular formula is C25H21NO. The minimum atomic E-state index is -0.488. The summed E-state index contributed by atoms with van der Waals surface area (Å²) >= 11 is 0. The number of rotatable bonds is 2. The Labute approximate surface area is 159 Å². The number of para-hydroxylation sites is 1. The van der Waals surface area contributed by atoms with E-state index in [0.717, 1.165) is 16.9 Å². The fraction of sp³-hybridized carbons (Fsp3) is 0.160. The number of nitrogens with zero attached hydrogens (tertiary/aromatic N) is 1. The molecule has 1 fully saturated rings. The van der Waals surface area contributed by atoms with Gasteiger partial charge >= 0.3 is 0 Å². The largest absolute Gasteiger partial charge is 0.283 e. The third kappa shape index (κ3) is 2.16. The zero-order chi connectivity index (χ0) is 18.6. The summed E-state index contributed by atoms with van der Waals surface area (Å²) in [5, 5.41) is 0. The van der Waals surface area contributed by atoms with E-state index in [1.165, 1.54) is 16.7 Å². The summed E-state index contributed by atoms with van der Waals surface area (Å²) in [7, 11) is 0. The fourth-order valence-electron chi connectivity index (χ4n) is 4.64. The second-order valence-corrected chi connectivity index (χ2v) is 7.84. The van der Waals surface area contributed by atoms with Gasteiger partial charge in [-0.1, -0.05) is 86.6 Å².